The molecule has 1 aromatic carbocycles. The molecule has 0 fully saturated rings. The van der Waals surface area contributed by atoms with Gasteiger partial charge in [-0.25, -0.2) is 4.98 Å². The number of imidazole rings is 1. The first kappa shape index (κ1) is 15.6. The molecule has 0 radical (unpaired) electrons. The van der Waals surface area contributed by atoms with Gasteiger partial charge in [-0.15, -0.1) is 0 Å². The van der Waals surface area contributed by atoms with Crippen molar-refractivity contribution in [1.82, 2.24) is 9.55 Å². The first-order valence-corrected chi connectivity index (χ1v) is 7.89. The van der Waals surface area contributed by atoms with Gasteiger partial charge in [0.2, 0.25) is 0 Å². The van der Waals surface area contributed by atoms with Gasteiger partial charge in [0.25, 0.3) is 0 Å². The Morgan fingerprint density at radius 3 is 2.86 bits per heavy atom. The summed E-state index contributed by atoms with van der Waals surface area (Å²) in [6.07, 6.45) is 3.58. The lowest BCUT2D eigenvalue weighted by molar-refractivity contribution is -0.144. The van der Waals surface area contributed by atoms with E-state index in [1.165, 1.54) is 22.9 Å². The van der Waals surface area contributed by atoms with Crippen LogP contribution in [0, 0.1) is 13.8 Å². The Hall–Kier alpha value is -1.75. The van der Waals surface area contributed by atoms with Gasteiger partial charge in [0, 0.05) is 12.4 Å². The monoisotopic (exact) mass is 304 g/mol. The molecular weight excluding hydrogens is 284 g/mol. The lowest BCUT2D eigenvalue weighted by Gasteiger charge is -2.12. The second-order valence-corrected chi connectivity index (χ2v) is 6.14. The molecule has 2 rings (SSSR count). The summed E-state index contributed by atoms with van der Waals surface area (Å²) >= 11 is 1.39. The third kappa shape index (κ3) is 4.11. The Morgan fingerprint density at radius 2 is 2.14 bits per heavy atom. The van der Waals surface area contributed by atoms with Crippen LogP contribution in [-0.2, 0) is 9.53 Å². The molecule has 0 aliphatic heterocycles. The number of hydrogen-bond acceptors (Lipinski definition) is 4. The van der Waals surface area contributed by atoms with E-state index in [0.29, 0.717) is 0 Å². The van der Waals surface area contributed by atoms with Gasteiger partial charge in [0.1, 0.15) is 0 Å². The number of benzene rings is 1. The third-order valence-corrected chi connectivity index (χ3v) is 3.86. The van der Waals surface area contributed by atoms with Crippen molar-refractivity contribution in [3.8, 4) is 5.69 Å². The van der Waals surface area contributed by atoms with Crippen molar-refractivity contribution >= 4 is 17.7 Å². The third-order valence-electron chi connectivity index (χ3n) is 2.92. The molecule has 2 aromatic rings. The molecule has 0 aliphatic rings. The Labute approximate surface area is 129 Å². The van der Waals surface area contributed by atoms with Gasteiger partial charge < -0.3 is 4.74 Å². The molecule has 112 valence electrons. The van der Waals surface area contributed by atoms with Gasteiger partial charge in [-0.3, -0.25) is 9.36 Å². The number of thioether (sulfide) groups is 1. The molecule has 21 heavy (non-hydrogen) atoms. The van der Waals surface area contributed by atoms with Crippen LogP contribution in [0.5, 0.6) is 0 Å². The first-order chi connectivity index (χ1) is 9.97. The topological polar surface area (TPSA) is 44.1 Å². The maximum atomic E-state index is 11.6. The van der Waals surface area contributed by atoms with Gasteiger partial charge in [-0.1, -0.05) is 23.9 Å². The number of carbonyl (C=O) groups is 1. The van der Waals surface area contributed by atoms with Crippen molar-refractivity contribution in [2.75, 3.05) is 5.75 Å². The van der Waals surface area contributed by atoms with Crippen LogP contribution in [-0.4, -0.2) is 27.4 Å². The minimum absolute atomic E-state index is 0.0862. The number of esters is 1. The molecule has 0 unspecified atom stereocenters. The van der Waals surface area contributed by atoms with Crippen LogP contribution in [0.4, 0.5) is 0 Å². The van der Waals surface area contributed by atoms with Crippen LogP contribution in [0.3, 0.4) is 0 Å². The number of aromatic nitrogens is 2. The molecule has 0 amide bonds. The molecule has 5 heteroatoms. The summed E-state index contributed by atoms with van der Waals surface area (Å²) in [5.41, 5.74) is 3.46. The van der Waals surface area contributed by atoms with E-state index < -0.39 is 0 Å². The van der Waals surface area contributed by atoms with Crippen molar-refractivity contribution in [2.45, 2.75) is 39.0 Å². The Kier molecular flexibility index (Phi) is 5.07. The fourth-order valence-corrected chi connectivity index (χ4v) is 2.73. The lowest BCUT2D eigenvalue weighted by atomic mass is 10.1. The maximum Gasteiger partial charge on any atom is 0.316 e. The van der Waals surface area contributed by atoms with E-state index in [1.807, 2.05) is 24.6 Å². The van der Waals surface area contributed by atoms with Crippen molar-refractivity contribution in [2.24, 2.45) is 0 Å². The quantitative estimate of drug-likeness (QED) is 0.626. The summed E-state index contributed by atoms with van der Waals surface area (Å²) < 4.78 is 7.15. The van der Waals surface area contributed by atoms with E-state index in [-0.39, 0.29) is 17.8 Å². The fourth-order valence-electron chi connectivity index (χ4n) is 1.98. The van der Waals surface area contributed by atoms with E-state index in [9.17, 15) is 4.79 Å². The average molecular weight is 304 g/mol. The summed E-state index contributed by atoms with van der Waals surface area (Å²) in [5, 5.41) is 0.796. The number of carbonyl (C=O) groups excluding carboxylic acids is 1. The molecule has 0 spiro atoms. The predicted molar refractivity (Wildman–Crippen MR) is 85.0 cm³/mol. The molecule has 1 heterocycles. The zero-order valence-electron chi connectivity index (χ0n) is 12.8. The number of hydrogen-bond donors (Lipinski definition) is 0. The molecule has 0 aliphatic carbocycles. The lowest BCUT2D eigenvalue weighted by Crippen LogP contribution is -2.13. The molecular formula is C16H20N2O2S. The highest BCUT2D eigenvalue weighted by Gasteiger charge is 2.12. The van der Waals surface area contributed by atoms with Gasteiger partial charge in [0.05, 0.1) is 17.5 Å². The molecule has 0 saturated heterocycles. The minimum Gasteiger partial charge on any atom is -0.462 e. The van der Waals surface area contributed by atoms with Gasteiger partial charge >= 0.3 is 5.97 Å². The number of nitrogens with zero attached hydrogens (tertiary/aromatic N) is 2. The van der Waals surface area contributed by atoms with E-state index in [2.05, 4.69) is 37.0 Å². The summed E-state index contributed by atoms with van der Waals surface area (Å²) in [6.45, 7) is 7.82. The van der Waals surface area contributed by atoms with Crippen molar-refractivity contribution < 1.29 is 9.53 Å². The minimum atomic E-state index is -0.217. The Morgan fingerprint density at radius 1 is 1.38 bits per heavy atom. The zero-order chi connectivity index (χ0) is 15.4. The van der Waals surface area contributed by atoms with Crippen molar-refractivity contribution in [1.29, 1.82) is 0 Å². The van der Waals surface area contributed by atoms with Gasteiger partial charge in [0.15, 0.2) is 5.16 Å². The van der Waals surface area contributed by atoms with Gasteiger partial charge in [-0.2, -0.15) is 0 Å². The normalized spacial score (nSPS) is 10.9. The van der Waals surface area contributed by atoms with Crippen LogP contribution in [0.1, 0.15) is 25.0 Å². The Bertz CT molecular complexity index is 635. The Balaban J connectivity index is 2.15. The zero-order valence-corrected chi connectivity index (χ0v) is 13.6. The number of ether oxygens (including phenoxy) is 1. The predicted octanol–water partition coefficient (Wildman–Crippen LogP) is 3.53. The van der Waals surface area contributed by atoms with E-state index in [4.69, 9.17) is 4.74 Å². The number of rotatable bonds is 5. The first-order valence-electron chi connectivity index (χ1n) is 6.90. The highest BCUT2D eigenvalue weighted by Crippen LogP contribution is 2.23. The largest absolute Gasteiger partial charge is 0.462 e. The summed E-state index contributed by atoms with van der Waals surface area (Å²) in [7, 11) is 0. The molecule has 0 N–H and O–H groups in total. The maximum absolute atomic E-state index is 11.6. The molecule has 0 atom stereocenters. The SMILES string of the molecule is Cc1ccc(C)c(-n2ccnc2SCC(=O)OC(C)C)c1. The summed E-state index contributed by atoms with van der Waals surface area (Å²) in [5.74, 6) is 0.0468. The van der Waals surface area contributed by atoms with Crippen molar-refractivity contribution in [3.63, 3.8) is 0 Å². The standard InChI is InChI=1S/C16H20N2O2S/c1-11(2)20-15(19)10-21-16-17-7-8-18(16)14-9-12(3)5-6-13(14)4/h5-9,11H,10H2,1-4H3. The smallest absolute Gasteiger partial charge is 0.316 e. The van der Waals surface area contributed by atoms with E-state index in [0.717, 1.165) is 10.8 Å². The van der Waals surface area contributed by atoms with Crippen LogP contribution < -0.4 is 0 Å². The van der Waals surface area contributed by atoms with Crippen molar-refractivity contribution in [3.05, 3.63) is 41.7 Å². The molecule has 1 aromatic heterocycles. The van der Waals surface area contributed by atoms with Crippen LogP contribution in [0.25, 0.3) is 5.69 Å². The second kappa shape index (κ2) is 6.80. The number of aryl methyl sites for hydroxylation is 2. The van der Waals surface area contributed by atoms with Crippen LogP contribution in [0.15, 0.2) is 35.7 Å². The fraction of sp³-hybridized carbons (Fsp3) is 0.375. The van der Waals surface area contributed by atoms with Crippen LogP contribution >= 0.6 is 11.8 Å². The van der Waals surface area contributed by atoms with E-state index >= 15 is 0 Å². The molecule has 4 nitrogen and oxygen atoms in total. The van der Waals surface area contributed by atoms with Gasteiger partial charge in [-0.05, 0) is 44.9 Å². The molecule has 0 bridgehead atoms. The average Bonchev–Trinajstić information content (AvgIpc) is 2.86. The highest BCUT2D eigenvalue weighted by molar-refractivity contribution is 7.99. The summed E-state index contributed by atoms with van der Waals surface area (Å²) in [6, 6.07) is 6.29. The highest BCUT2D eigenvalue weighted by atomic mass is 32.2. The van der Waals surface area contributed by atoms with Crippen LogP contribution in [0.2, 0.25) is 0 Å². The molecule has 0 saturated carbocycles. The second-order valence-electron chi connectivity index (χ2n) is 5.20. The van der Waals surface area contributed by atoms with E-state index in [1.54, 1.807) is 6.20 Å². The summed E-state index contributed by atoms with van der Waals surface area (Å²) in [4.78, 5) is 16.0.